The summed E-state index contributed by atoms with van der Waals surface area (Å²) >= 11 is 0. The third-order valence-electron chi connectivity index (χ3n) is 6.52. The van der Waals surface area contributed by atoms with Crippen LogP contribution in [0.2, 0.25) is 0 Å². The van der Waals surface area contributed by atoms with Crippen LogP contribution in [0.3, 0.4) is 0 Å². The Balaban J connectivity index is 1.57. The molecule has 3 heterocycles. The molecule has 0 spiro atoms. The van der Waals surface area contributed by atoms with E-state index in [1.165, 1.54) is 23.4 Å². The fraction of sp³-hybridized carbons (Fsp3) is 0.222. The van der Waals surface area contributed by atoms with Crippen LogP contribution in [0.25, 0.3) is 27.6 Å². The molecule has 0 saturated carbocycles. The first kappa shape index (κ1) is 26.0. The lowest BCUT2D eigenvalue weighted by Gasteiger charge is -2.25. The number of benzene rings is 2. The van der Waals surface area contributed by atoms with Gasteiger partial charge in [-0.2, -0.15) is 13.2 Å². The van der Waals surface area contributed by atoms with E-state index in [0.717, 1.165) is 34.7 Å². The van der Waals surface area contributed by atoms with E-state index >= 15 is 0 Å². The average Bonchev–Trinajstić information content (AvgIpc) is 2.93. The van der Waals surface area contributed by atoms with E-state index in [-0.39, 0.29) is 12.4 Å². The fourth-order valence-electron chi connectivity index (χ4n) is 4.42. The highest BCUT2D eigenvalue weighted by molar-refractivity contribution is 6.00. The molecule has 1 aliphatic heterocycles. The number of nitrogens with one attached hydrogen (secondary N) is 1. The van der Waals surface area contributed by atoms with Crippen LogP contribution < -0.4 is 5.32 Å². The molecular formula is C27H22F4N6O2. The van der Waals surface area contributed by atoms with E-state index in [4.69, 9.17) is 0 Å². The number of hydrogen-bond acceptors (Lipinski definition) is 6. The lowest BCUT2D eigenvalue weighted by molar-refractivity contribution is -0.145. The Bertz CT molecular complexity index is 1560. The van der Waals surface area contributed by atoms with Crippen LogP contribution in [0.5, 0.6) is 0 Å². The molecule has 39 heavy (non-hydrogen) atoms. The Labute approximate surface area is 220 Å². The van der Waals surface area contributed by atoms with Crippen molar-refractivity contribution in [2.75, 3.05) is 18.4 Å². The molecule has 2 aromatic carbocycles. The first-order valence-corrected chi connectivity index (χ1v) is 12.0. The number of fused-ring (bicyclic) bond motifs is 1. The number of rotatable bonds is 5. The summed E-state index contributed by atoms with van der Waals surface area (Å²) in [5, 5.41) is 13.2. The van der Waals surface area contributed by atoms with Crippen molar-refractivity contribution < 1.29 is 27.5 Å². The topological polar surface area (TPSA) is 104 Å². The minimum Gasteiger partial charge on any atom is -0.465 e. The van der Waals surface area contributed by atoms with E-state index in [2.05, 4.69) is 25.3 Å². The summed E-state index contributed by atoms with van der Waals surface area (Å²) in [6.07, 6.45) is 0.305. The third-order valence-corrected chi connectivity index (χ3v) is 6.52. The molecule has 0 fully saturated rings. The minimum atomic E-state index is -4.64. The van der Waals surface area contributed by atoms with Gasteiger partial charge >= 0.3 is 12.3 Å². The molecule has 0 bridgehead atoms. The second-order valence-electron chi connectivity index (χ2n) is 9.06. The number of carbonyl (C=O) groups is 1. The Morgan fingerprint density at radius 3 is 2.38 bits per heavy atom. The van der Waals surface area contributed by atoms with Crippen LogP contribution in [-0.2, 0) is 6.18 Å². The van der Waals surface area contributed by atoms with Crippen LogP contribution in [0.15, 0.2) is 61.2 Å². The first-order chi connectivity index (χ1) is 18.6. The van der Waals surface area contributed by atoms with E-state index in [0.29, 0.717) is 35.2 Å². The smallest absolute Gasteiger partial charge is 0.451 e. The van der Waals surface area contributed by atoms with Crippen molar-refractivity contribution in [3.63, 3.8) is 0 Å². The maximum atomic E-state index is 13.6. The van der Waals surface area contributed by atoms with E-state index in [9.17, 15) is 27.5 Å². The Morgan fingerprint density at radius 2 is 1.77 bits per heavy atom. The summed E-state index contributed by atoms with van der Waals surface area (Å²) in [5.74, 6) is -1.16. The number of aromatic nitrogens is 4. The highest BCUT2D eigenvalue weighted by Gasteiger charge is 2.34. The van der Waals surface area contributed by atoms with Gasteiger partial charge in [-0.15, -0.1) is 0 Å². The lowest BCUT2D eigenvalue weighted by Crippen LogP contribution is -2.33. The number of amides is 1. The molecule has 2 aromatic heterocycles. The molecule has 2 N–H and O–H groups in total. The van der Waals surface area contributed by atoms with Crippen molar-refractivity contribution in [3.8, 4) is 11.1 Å². The lowest BCUT2D eigenvalue weighted by atomic mass is 9.92. The van der Waals surface area contributed by atoms with Gasteiger partial charge < -0.3 is 15.3 Å². The molecule has 1 amide bonds. The number of halogens is 4. The van der Waals surface area contributed by atoms with E-state index < -0.39 is 24.1 Å². The van der Waals surface area contributed by atoms with Gasteiger partial charge in [0.1, 0.15) is 18.0 Å². The van der Waals surface area contributed by atoms with Crippen LogP contribution >= 0.6 is 0 Å². The van der Waals surface area contributed by atoms with Gasteiger partial charge in [0.15, 0.2) is 0 Å². The minimum absolute atomic E-state index is 0.230. The summed E-state index contributed by atoms with van der Waals surface area (Å²) in [6, 6.07) is 9.32. The van der Waals surface area contributed by atoms with E-state index in [1.54, 1.807) is 19.1 Å². The molecule has 0 radical (unpaired) electrons. The number of hydrogen-bond donors (Lipinski definition) is 2. The van der Waals surface area contributed by atoms with Gasteiger partial charge in [-0.1, -0.05) is 18.2 Å². The Morgan fingerprint density at radius 1 is 1.05 bits per heavy atom. The fourth-order valence-corrected chi connectivity index (χ4v) is 4.42. The van der Waals surface area contributed by atoms with Gasteiger partial charge in [0.05, 0.1) is 11.6 Å². The SMILES string of the molecule is CC(Nc1ncnc2c(C3=CCN(C(=O)O)CC3)cc(-c3ccc(F)cc3)cc12)c1cnc(C(F)(F)F)nc1. The molecule has 200 valence electrons. The zero-order valence-electron chi connectivity index (χ0n) is 20.6. The van der Waals surface area contributed by atoms with Gasteiger partial charge in [-0.3, -0.25) is 0 Å². The second kappa shape index (κ2) is 10.3. The largest absolute Gasteiger partial charge is 0.465 e. The Kier molecular flexibility index (Phi) is 6.85. The maximum Gasteiger partial charge on any atom is 0.451 e. The summed E-state index contributed by atoms with van der Waals surface area (Å²) in [5.41, 5.74) is 4.25. The van der Waals surface area contributed by atoms with E-state index in [1.807, 2.05) is 18.2 Å². The zero-order valence-corrected chi connectivity index (χ0v) is 20.6. The molecular weight excluding hydrogens is 516 g/mol. The quantitative estimate of drug-likeness (QED) is 0.292. The maximum absolute atomic E-state index is 13.6. The van der Waals surface area contributed by atoms with Gasteiger partial charge in [-0.25, -0.2) is 29.1 Å². The molecule has 8 nitrogen and oxygen atoms in total. The van der Waals surface area contributed by atoms with Crippen molar-refractivity contribution in [2.45, 2.75) is 25.6 Å². The first-order valence-electron chi connectivity index (χ1n) is 12.0. The molecule has 1 unspecified atom stereocenters. The number of nitrogens with zero attached hydrogens (tertiary/aromatic N) is 5. The number of alkyl halides is 3. The predicted molar refractivity (Wildman–Crippen MR) is 136 cm³/mol. The number of anilines is 1. The molecule has 1 atom stereocenters. The van der Waals surface area contributed by atoms with Crippen molar-refractivity contribution in [1.29, 1.82) is 0 Å². The van der Waals surface area contributed by atoms with Crippen LogP contribution in [0, 0.1) is 5.82 Å². The van der Waals surface area contributed by atoms with Gasteiger partial charge in [-0.05, 0) is 54.3 Å². The highest BCUT2D eigenvalue weighted by atomic mass is 19.4. The summed E-state index contributed by atoms with van der Waals surface area (Å²) in [7, 11) is 0. The molecule has 0 saturated heterocycles. The molecule has 4 aromatic rings. The van der Waals surface area contributed by atoms with Crippen molar-refractivity contribution in [2.24, 2.45) is 0 Å². The van der Waals surface area contributed by atoms with Crippen LogP contribution in [0.1, 0.15) is 36.3 Å². The van der Waals surface area contributed by atoms with Crippen molar-refractivity contribution in [3.05, 3.63) is 84.0 Å². The zero-order chi connectivity index (χ0) is 27.7. The third kappa shape index (κ3) is 5.49. The van der Waals surface area contributed by atoms with Crippen molar-refractivity contribution in [1.82, 2.24) is 24.8 Å². The van der Waals surface area contributed by atoms with Gasteiger partial charge in [0.25, 0.3) is 0 Å². The Hall–Kier alpha value is -4.61. The molecule has 1 aliphatic rings. The summed E-state index contributed by atoms with van der Waals surface area (Å²) < 4.78 is 52.3. The molecule has 0 aliphatic carbocycles. The van der Waals surface area contributed by atoms with Gasteiger partial charge in [0.2, 0.25) is 5.82 Å². The molecule has 12 heteroatoms. The van der Waals surface area contributed by atoms with Gasteiger partial charge in [0, 0.05) is 42.0 Å². The van der Waals surface area contributed by atoms with Crippen LogP contribution in [-0.4, -0.2) is 49.1 Å². The average molecular weight is 539 g/mol. The standard InChI is InChI=1S/C27H22F4N6O2/c1-15(19-12-32-25(33-13-19)27(29,30)31)36-24-22-11-18(16-2-4-20(28)5-3-16)10-21(23(22)34-14-35-24)17-6-8-37(9-7-17)26(38)39/h2-6,10-15H,7-9H2,1H3,(H,38,39)(H,34,35,36). The van der Waals surface area contributed by atoms with Crippen molar-refractivity contribution >= 4 is 28.4 Å². The monoisotopic (exact) mass is 538 g/mol. The van der Waals surface area contributed by atoms with Crippen LogP contribution in [0.4, 0.5) is 28.2 Å². The normalized spacial score (nSPS) is 14.7. The summed E-state index contributed by atoms with van der Waals surface area (Å²) in [6.45, 7) is 2.30. The molecule has 5 rings (SSSR count). The highest BCUT2D eigenvalue weighted by Crippen LogP contribution is 2.36. The number of carboxylic acid groups (broad SMARTS) is 1. The predicted octanol–water partition coefficient (Wildman–Crippen LogP) is 6.18. The summed E-state index contributed by atoms with van der Waals surface area (Å²) in [4.78, 5) is 28.5. The second-order valence-corrected chi connectivity index (χ2v) is 9.06.